The van der Waals surface area contributed by atoms with Gasteiger partial charge in [-0.2, -0.15) is 0 Å². The zero-order valence-corrected chi connectivity index (χ0v) is 10.4. The molecule has 1 atom stereocenters. The molecule has 3 heteroatoms. The third-order valence-corrected chi connectivity index (χ3v) is 2.90. The summed E-state index contributed by atoms with van der Waals surface area (Å²) in [5.74, 6) is 0.565. The molecule has 1 heterocycles. The predicted molar refractivity (Wildman–Crippen MR) is 65.6 cm³/mol. The SMILES string of the molecule is CC(C)(C)C(O)c1cc2cccc(Cl)c2o1. The van der Waals surface area contributed by atoms with E-state index in [0.29, 0.717) is 16.4 Å². The van der Waals surface area contributed by atoms with Gasteiger partial charge in [-0.25, -0.2) is 0 Å². The molecule has 0 bridgehead atoms. The van der Waals surface area contributed by atoms with Crippen LogP contribution >= 0.6 is 11.6 Å². The fourth-order valence-electron chi connectivity index (χ4n) is 1.61. The average Bonchev–Trinajstić information content (AvgIpc) is 2.60. The molecule has 0 amide bonds. The molecule has 0 aliphatic carbocycles. The molecule has 86 valence electrons. The van der Waals surface area contributed by atoms with Gasteiger partial charge in [0.2, 0.25) is 0 Å². The van der Waals surface area contributed by atoms with Crippen LogP contribution in [0.5, 0.6) is 0 Å². The van der Waals surface area contributed by atoms with Gasteiger partial charge in [0.1, 0.15) is 11.9 Å². The lowest BCUT2D eigenvalue weighted by Crippen LogP contribution is -2.16. The molecule has 16 heavy (non-hydrogen) atoms. The van der Waals surface area contributed by atoms with E-state index in [1.807, 2.05) is 39.0 Å². The van der Waals surface area contributed by atoms with Gasteiger partial charge in [0, 0.05) is 5.39 Å². The molecule has 0 radical (unpaired) electrons. The van der Waals surface area contributed by atoms with Crippen LogP contribution in [0.4, 0.5) is 0 Å². The van der Waals surface area contributed by atoms with Crippen molar-refractivity contribution in [1.82, 2.24) is 0 Å². The first kappa shape index (κ1) is 11.5. The quantitative estimate of drug-likeness (QED) is 0.809. The number of aliphatic hydroxyl groups is 1. The molecule has 0 spiro atoms. The summed E-state index contributed by atoms with van der Waals surface area (Å²) in [4.78, 5) is 0. The highest BCUT2D eigenvalue weighted by Gasteiger charge is 2.27. The maximum absolute atomic E-state index is 10.1. The van der Waals surface area contributed by atoms with Crippen molar-refractivity contribution in [3.63, 3.8) is 0 Å². The minimum atomic E-state index is -0.629. The van der Waals surface area contributed by atoms with Crippen LogP contribution in [-0.2, 0) is 0 Å². The molecule has 2 aromatic rings. The standard InChI is InChI=1S/C13H15ClO2/c1-13(2,3)12(15)10-7-8-5-4-6-9(14)11(8)16-10/h4-7,12,15H,1-3H3. The zero-order chi connectivity index (χ0) is 11.9. The lowest BCUT2D eigenvalue weighted by Gasteiger charge is -2.23. The first-order chi connectivity index (χ1) is 7.39. The average molecular weight is 239 g/mol. The second-order valence-corrected chi connectivity index (χ2v) is 5.48. The number of hydrogen-bond donors (Lipinski definition) is 1. The summed E-state index contributed by atoms with van der Waals surface area (Å²) in [7, 11) is 0. The van der Waals surface area contributed by atoms with Crippen LogP contribution in [0, 0.1) is 5.41 Å². The lowest BCUT2D eigenvalue weighted by molar-refractivity contribution is 0.0448. The molecule has 0 aliphatic heterocycles. The number of para-hydroxylation sites is 1. The normalized spacial score (nSPS) is 14.3. The fraction of sp³-hybridized carbons (Fsp3) is 0.385. The number of hydrogen-bond acceptors (Lipinski definition) is 2. The Kier molecular flexibility index (Phi) is 2.72. The highest BCUT2D eigenvalue weighted by molar-refractivity contribution is 6.34. The van der Waals surface area contributed by atoms with Crippen LogP contribution in [0.15, 0.2) is 28.7 Å². The smallest absolute Gasteiger partial charge is 0.152 e. The van der Waals surface area contributed by atoms with Crippen molar-refractivity contribution in [2.45, 2.75) is 26.9 Å². The van der Waals surface area contributed by atoms with Crippen LogP contribution in [-0.4, -0.2) is 5.11 Å². The zero-order valence-electron chi connectivity index (χ0n) is 9.62. The Morgan fingerprint density at radius 3 is 2.56 bits per heavy atom. The van der Waals surface area contributed by atoms with Gasteiger partial charge in [0.25, 0.3) is 0 Å². The minimum Gasteiger partial charge on any atom is -0.457 e. The number of benzene rings is 1. The van der Waals surface area contributed by atoms with E-state index in [2.05, 4.69) is 0 Å². The first-order valence-electron chi connectivity index (χ1n) is 5.25. The van der Waals surface area contributed by atoms with Crippen molar-refractivity contribution in [3.8, 4) is 0 Å². The summed E-state index contributed by atoms with van der Waals surface area (Å²) in [6, 6.07) is 7.41. The summed E-state index contributed by atoms with van der Waals surface area (Å²) in [6.45, 7) is 5.89. The van der Waals surface area contributed by atoms with E-state index >= 15 is 0 Å². The molecule has 0 aliphatic rings. The van der Waals surface area contributed by atoms with Crippen molar-refractivity contribution in [1.29, 1.82) is 0 Å². The van der Waals surface area contributed by atoms with Crippen molar-refractivity contribution in [2.75, 3.05) is 0 Å². The Hall–Kier alpha value is -0.990. The van der Waals surface area contributed by atoms with E-state index in [0.717, 1.165) is 5.39 Å². The third kappa shape index (κ3) is 1.95. The van der Waals surface area contributed by atoms with Gasteiger partial charge < -0.3 is 9.52 Å². The van der Waals surface area contributed by atoms with E-state index in [1.165, 1.54) is 0 Å². The molecule has 0 saturated heterocycles. The number of rotatable bonds is 1. The molecule has 1 aromatic carbocycles. The van der Waals surface area contributed by atoms with Crippen LogP contribution < -0.4 is 0 Å². The molecule has 1 N–H and O–H groups in total. The molecule has 2 rings (SSSR count). The molecule has 1 unspecified atom stereocenters. The Bertz CT molecular complexity index is 508. The van der Waals surface area contributed by atoms with Gasteiger partial charge in [0.05, 0.1) is 5.02 Å². The molecular formula is C13H15ClO2. The third-order valence-electron chi connectivity index (χ3n) is 2.60. The van der Waals surface area contributed by atoms with Gasteiger partial charge in [0.15, 0.2) is 5.58 Å². The summed E-state index contributed by atoms with van der Waals surface area (Å²) in [6.07, 6.45) is -0.629. The minimum absolute atomic E-state index is 0.250. The topological polar surface area (TPSA) is 33.4 Å². The van der Waals surface area contributed by atoms with Gasteiger partial charge >= 0.3 is 0 Å². The lowest BCUT2D eigenvalue weighted by atomic mass is 9.88. The monoisotopic (exact) mass is 238 g/mol. The Balaban J connectivity index is 2.52. The summed E-state index contributed by atoms with van der Waals surface area (Å²) in [5.41, 5.74) is 0.392. The molecular weight excluding hydrogens is 224 g/mol. The van der Waals surface area contributed by atoms with Crippen LogP contribution in [0.1, 0.15) is 32.6 Å². The summed E-state index contributed by atoms with van der Waals surface area (Å²) < 4.78 is 5.61. The fourth-order valence-corrected chi connectivity index (χ4v) is 1.83. The van der Waals surface area contributed by atoms with Crippen molar-refractivity contribution >= 4 is 22.6 Å². The number of furan rings is 1. The van der Waals surface area contributed by atoms with Crippen LogP contribution in [0.2, 0.25) is 5.02 Å². The van der Waals surface area contributed by atoms with Crippen molar-refractivity contribution in [3.05, 3.63) is 35.0 Å². The van der Waals surface area contributed by atoms with E-state index in [1.54, 1.807) is 6.07 Å². The van der Waals surface area contributed by atoms with E-state index < -0.39 is 6.10 Å². The molecule has 2 nitrogen and oxygen atoms in total. The maximum atomic E-state index is 10.1. The largest absolute Gasteiger partial charge is 0.457 e. The van der Waals surface area contributed by atoms with E-state index in [4.69, 9.17) is 16.0 Å². The second kappa shape index (κ2) is 3.79. The van der Waals surface area contributed by atoms with E-state index in [9.17, 15) is 5.11 Å². The van der Waals surface area contributed by atoms with E-state index in [-0.39, 0.29) is 5.41 Å². The number of halogens is 1. The molecule has 0 saturated carbocycles. The number of fused-ring (bicyclic) bond motifs is 1. The van der Waals surface area contributed by atoms with Crippen molar-refractivity contribution < 1.29 is 9.52 Å². The number of aliphatic hydroxyl groups excluding tert-OH is 1. The van der Waals surface area contributed by atoms with Gasteiger partial charge in [-0.05, 0) is 17.5 Å². The van der Waals surface area contributed by atoms with Crippen LogP contribution in [0.3, 0.4) is 0 Å². The maximum Gasteiger partial charge on any atom is 0.152 e. The predicted octanol–water partition coefficient (Wildman–Crippen LogP) is 4.17. The second-order valence-electron chi connectivity index (χ2n) is 5.08. The Labute approximate surface area is 99.8 Å². The van der Waals surface area contributed by atoms with Crippen molar-refractivity contribution in [2.24, 2.45) is 5.41 Å². The van der Waals surface area contributed by atoms with Gasteiger partial charge in [-0.3, -0.25) is 0 Å². The Morgan fingerprint density at radius 2 is 2.00 bits per heavy atom. The Morgan fingerprint density at radius 1 is 1.31 bits per heavy atom. The molecule has 0 fully saturated rings. The summed E-state index contributed by atoms with van der Waals surface area (Å²) in [5, 5.41) is 11.6. The van der Waals surface area contributed by atoms with Gasteiger partial charge in [-0.15, -0.1) is 0 Å². The molecule has 1 aromatic heterocycles. The highest BCUT2D eigenvalue weighted by atomic mass is 35.5. The van der Waals surface area contributed by atoms with Gasteiger partial charge in [-0.1, -0.05) is 44.5 Å². The highest BCUT2D eigenvalue weighted by Crippen LogP contribution is 2.36. The van der Waals surface area contributed by atoms with Crippen LogP contribution in [0.25, 0.3) is 11.0 Å². The summed E-state index contributed by atoms with van der Waals surface area (Å²) >= 11 is 6.01. The first-order valence-corrected chi connectivity index (χ1v) is 5.63.